The highest BCUT2D eigenvalue weighted by atomic mass is 16.5. The number of fused-ring (bicyclic) bond motifs is 1. The van der Waals surface area contributed by atoms with Crippen LogP contribution < -0.4 is 9.47 Å². The Labute approximate surface area is 143 Å². The number of carbonyl (C=O) groups excluding carboxylic acids is 1. The topological polar surface area (TPSA) is 38.8 Å². The molecule has 1 heterocycles. The van der Waals surface area contributed by atoms with Gasteiger partial charge >= 0.3 is 0 Å². The van der Waals surface area contributed by atoms with Crippen molar-refractivity contribution in [2.45, 2.75) is 25.8 Å². The number of nitrogens with zero attached hydrogens (tertiary/aromatic N) is 1. The molecule has 0 aliphatic carbocycles. The molecule has 4 nitrogen and oxygen atoms in total. The highest BCUT2D eigenvalue weighted by molar-refractivity contribution is 5.89. The van der Waals surface area contributed by atoms with E-state index in [1.165, 1.54) is 5.56 Å². The maximum absolute atomic E-state index is 13.1. The predicted octanol–water partition coefficient (Wildman–Crippen LogP) is 3.59. The van der Waals surface area contributed by atoms with E-state index < -0.39 is 0 Å². The maximum Gasteiger partial charge on any atom is 0.234 e. The van der Waals surface area contributed by atoms with Crippen LogP contribution in [0.15, 0.2) is 42.5 Å². The number of carbonyl (C=O) groups is 1. The van der Waals surface area contributed by atoms with Crippen LogP contribution in [0.3, 0.4) is 0 Å². The third kappa shape index (κ3) is 2.84. The van der Waals surface area contributed by atoms with Crippen molar-refractivity contribution < 1.29 is 14.3 Å². The van der Waals surface area contributed by atoms with Gasteiger partial charge in [0.05, 0.1) is 20.1 Å². The monoisotopic (exact) mass is 325 g/mol. The molecule has 0 spiro atoms. The summed E-state index contributed by atoms with van der Waals surface area (Å²) in [6.45, 7) is 3.56. The Morgan fingerprint density at radius 2 is 1.83 bits per heavy atom. The summed E-state index contributed by atoms with van der Waals surface area (Å²) < 4.78 is 10.7. The normalized spacial score (nSPS) is 16.7. The lowest BCUT2D eigenvalue weighted by molar-refractivity contribution is -0.133. The van der Waals surface area contributed by atoms with Crippen molar-refractivity contribution in [3.63, 3.8) is 0 Å². The lowest BCUT2D eigenvalue weighted by atomic mass is 9.83. The molecule has 0 saturated heterocycles. The van der Waals surface area contributed by atoms with Crippen LogP contribution in [-0.4, -0.2) is 31.6 Å². The first-order chi connectivity index (χ1) is 11.7. The lowest BCUT2D eigenvalue weighted by Gasteiger charge is -2.34. The Kier molecular flexibility index (Phi) is 4.74. The van der Waals surface area contributed by atoms with Crippen molar-refractivity contribution in [3.05, 3.63) is 59.2 Å². The van der Waals surface area contributed by atoms with Gasteiger partial charge in [-0.3, -0.25) is 4.79 Å². The second-order valence-corrected chi connectivity index (χ2v) is 6.01. The fraction of sp³-hybridized carbons (Fsp3) is 0.350. The largest absolute Gasteiger partial charge is 0.493 e. The van der Waals surface area contributed by atoms with Gasteiger partial charge in [0.2, 0.25) is 5.91 Å². The molecule has 0 saturated carbocycles. The summed E-state index contributed by atoms with van der Waals surface area (Å²) in [5, 5.41) is 0. The SMILES string of the molecule is CCCN1Cc2ccccc2C(c2ccc(OC)c(OC)c2)C1=O. The molecular formula is C20H23NO3. The summed E-state index contributed by atoms with van der Waals surface area (Å²) in [5.74, 6) is 1.18. The van der Waals surface area contributed by atoms with Crippen molar-refractivity contribution >= 4 is 5.91 Å². The zero-order valence-corrected chi connectivity index (χ0v) is 14.4. The van der Waals surface area contributed by atoms with Crippen LogP contribution in [0.25, 0.3) is 0 Å². The van der Waals surface area contributed by atoms with Gasteiger partial charge in [-0.1, -0.05) is 37.3 Å². The third-order valence-electron chi connectivity index (χ3n) is 4.52. The molecule has 4 heteroatoms. The van der Waals surface area contributed by atoms with Gasteiger partial charge in [0.25, 0.3) is 0 Å². The first-order valence-electron chi connectivity index (χ1n) is 8.28. The number of benzene rings is 2. The summed E-state index contributed by atoms with van der Waals surface area (Å²) in [6, 6.07) is 13.9. The highest BCUT2D eigenvalue weighted by Crippen LogP contribution is 2.38. The zero-order chi connectivity index (χ0) is 17.1. The molecule has 0 aromatic heterocycles. The van der Waals surface area contributed by atoms with E-state index in [0.29, 0.717) is 18.0 Å². The summed E-state index contributed by atoms with van der Waals surface area (Å²) in [7, 11) is 3.23. The number of rotatable bonds is 5. The summed E-state index contributed by atoms with van der Waals surface area (Å²) >= 11 is 0. The molecule has 0 fully saturated rings. The van der Waals surface area contributed by atoms with Gasteiger partial charge in [0.1, 0.15) is 0 Å². The Morgan fingerprint density at radius 3 is 2.54 bits per heavy atom. The number of hydrogen-bond acceptors (Lipinski definition) is 3. The van der Waals surface area contributed by atoms with Crippen molar-refractivity contribution in [1.29, 1.82) is 0 Å². The van der Waals surface area contributed by atoms with E-state index in [0.717, 1.165) is 24.1 Å². The second kappa shape index (κ2) is 6.95. The number of methoxy groups -OCH3 is 2. The van der Waals surface area contributed by atoms with Gasteiger partial charge in [0.15, 0.2) is 11.5 Å². The standard InChI is InChI=1S/C20H23NO3/c1-4-11-21-13-15-7-5-6-8-16(15)19(20(21)22)14-9-10-17(23-2)18(12-14)24-3/h5-10,12,19H,4,11,13H2,1-3H3. The fourth-order valence-electron chi connectivity index (χ4n) is 3.37. The molecule has 1 aliphatic heterocycles. The first kappa shape index (κ1) is 16.4. The van der Waals surface area contributed by atoms with E-state index in [1.54, 1.807) is 14.2 Å². The molecule has 2 aromatic rings. The Balaban J connectivity index is 2.09. The molecular weight excluding hydrogens is 302 g/mol. The average molecular weight is 325 g/mol. The molecule has 3 rings (SSSR count). The van der Waals surface area contributed by atoms with Gasteiger partial charge in [-0.15, -0.1) is 0 Å². The molecule has 1 aliphatic rings. The van der Waals surface area contributed by atoms with E-state index in [9.17, 15) is 4.79 Å². The van der Waals surface area contributed by atoms with Gasteiger partial charge in [-0.2, -0.15) is 0 Å². The van der Waals surface area contributed by atoms with Crippen molar-refractivity contribution in [2.75, 3.05) is 20.8 Å². The summed E-state index contributed by atoms with van der Waals surface area (Å²) in [6.07, 6.45) is 0.951. The zero-order valence-electron chi connectivity index (χ0n) is 14.4. The van der Waals surface area contributed by atoms with Crippen LogP contribution in [0.4, 0.5) is 0 Å². The minimum Gasteiger partial charge on any atom is -0.493 e. The van der Waals surface area contributed by atoms with E-state index in [2.05, 4.69) is 19.1 Å². The minimum absolute atomic E-state index is 0.155. The Morgan fingerprint density at radius 1 is 1.08 bits per heavy atom. The van der Waals surface area contributed by atoms with E-state index in [4.69, 9.17) is 9.47 Å². The smallest absolute Gasteiger partial charge is 0.234 e. The third-order valence-corrected chi connectivity index (χ3v) is 4.52. The van der Waals surface area contributed by atoms with E-state index in [-0.39, 0.29) is 11.8 Å². The quantitative estimate of drug-likeness (QED) is 0.843. The van der Waals surface area contributed by atoms with Crippen molar-refractivity contribution in [3.8, 4) is 11.5 Å². The molecule has 2 aromatic carbocycles. The molecule has 0 bridgehead atoms. The fourth-order valence-corrected chi connectivity index (χ4v) is 3.37. The predicted molar refractivity (Wildman–Crippen MR) is 93.5 cm³/mol. The van der Waals surface area contributed by atoms with Crippen LogP contribution in [0.1, 0.15) is 36.0 Å². The molecule has 0 radical (unpaired) electrons. The van der Waals surface area contributed by atoms with Crippen molar-refractivity contribution in [2.24, 2.45) is 0 Å². The maximum atomic E-state index is 13.1. The highest BCUT2D eigenvalue weighted by Gasteiger charge is 2.34. The Hall–Kier alpha value is -2.49. The molecule has 1 amide bonds. The van der Waals surface area contributed by atoms with Crippen LogP contribution in [0.5, 0.6) is 11.5 Å². The van der Waals surface area contributed by atoms with Crippen LogP contribution in [0, 0.1) is 0 Å². The first-order valence-corrected chi connectivity index (χ1v) is 8.28. The van der Waals surface area contributed by atoms with Gasteiger partial charge in [0, 0.05) is 13.1 Å². The summed E-state index contributed by atoms with van der Waals surface area (Å²) in [4.78, 5) is 15.0. The number of ether oxygens (including phenoxy) is 2. The molecule has 1 atom stereocenters. The molecule has 126 valence electrons. The minimum atomic E-state index is -0.290. The van der Waals surface area contributed by atoms with Crippen LogP contribution in [-0.2, 0) is 11.3 Å². The molecule has 24 heavy (non-hydrogen) atoms. The average Bonchev–Trinajstić information content (AvgIpc) is 2.62. The number of amides is 1. The van der Waals surface area contributed by atoms with Gasteiger partial charge in [-0.05, 0) is 35.2 Å². The van der Waals surface area contributed by atoms with Gasteiger partial charge < -0.3 is 14.4 Å². The van der Waals surface area contributed by atoms with E-state index in [1.807, 2.05) is 35.2 Å². The van der Waals surface area contributed by atoms with Crippen LogP contribution >= 0.6 is 0 Å². The van der Waals surface area contributed by atoms with E-state index >= 15 is 0 Å². The number of hydrogen-bond donors (Lipinski definition) is 0. The molecule has 0 N–H and O–H groups in total. The van der Waals surface area contributed by atoms with Crippen LogP contribution in [0.2, 0.25) is 0 Å². The van der Waals surface area contributed by atoms with Gasteiger partial charge in [-0.25, -0.2) is 0 Å². The molecule has 1 unspecified atom stereocenters. The Bertz CT molecular complexity index is 741. The summed E-state index contributed by atoms with van der Waals surface area (Å²) in [5.41, 5.74) is 3.23. The van der Waals surface area contributed by atoms with Crippen molar-refractivity contribution in [1.82, 2.24) is 4.90 Å². The lowest BCUT2D eigenvalue weighted by Crippen LogP contribution is -2.40. The second-order valence-electron chi connectivity index (χ2n) is 6.01.